The van der Waals surface area contributed by atoms with Gasteiger partial charge in [0.2, 0.25) is 0 Å². The summed E-state index contributed by atoms with van der Waals surface area (Å²) in [6, 6.07) is 0. The number of carbonyl (C=O) groups is 1. The SMILES string of the molecule is CCCCSC1=NC(N)C(C=O)C=N1. The van der Waals surface area contributed by atoms with Crippen LogP contribution in [0, 0.1) is 5.92 Å². The molecule has 5 heteroatoms. The van der Waals surface area contributed by atoms with E-state index in [1.54, 1.807) is 18.0 Å². The summed E-state index contributed by atoms with van der Waals surface area (Å²) < 4.78 is 0. The van der Waals surface area contributed by atoms with E-state index in [4.69, 9.17) is 5.73 Å². The molecule has 0 radical (unpaired) electrons. The lowest BCUT2D eigenvalue weighted by atomic mass is 10.1. The normalized spacial score (nSPS) is 26.0. The first-order valence-corrected chi connectivity index (χ1v) is 5.72. The third-order valence-corrected chi connectivity index (χ3v) is 2.86. The summed E-state index contributed by atoms with van der Waals surface area (Å²) in [6.07, 6.45) is 4.22. The van der Waals surface area contributed by atoms with Crippen LogP contribution in [0.1, 0.15) is 19.8 Å². The Bertz CT molecular complexity index is 252. The van der Waals surface area contributed by atoms with Gasteiger partial charge < -0.3 is 10.5 Å². The van der Waals surface area contributed by atoms with Gasteiger partial charge in [0, 0.05) is 12.0 Å². The van der Waals surface area contributed by atoms with Crippen LogP contribution < -0.4 is 5.73 Å². The van der Waals surface area contributed by atoms with Crippen molar-refractivity contribution in [3.63, 3.8) is 0 Å². The lowest BCUT2D eigenvalue weighted by Crippen LogP contribution is -2.33. The highest BCUT2D eigenvalue weighted by molar-refractivity contribution is 8.13. The van der Waals surface area contributed by atoms with E-state index in [0.29, 0.717) is 5.17 Å². The monoisotopic (exact) mass is 213 g/mol. The zero-order valence-corrected chi connectivity index (χ0v) is 9.04. The molecule has 4 nitrogen and oxygen atoms in total. The van der Waals surface area contributed by atoms with E-state index in [9.17, 15) is 4.79 Å². The molecule has 0 saturated heterocycles. The minimum atomic E-state index is -0.450. The molecular formula is C9H15N3OS. The zero-order valence-electron chi connectivity index (χ0n) is 8.22. The van der Waals surface area contributed by atoms with Crippen LogP contribution in [-0.2, 0) is 4.79 Å². The van der Waals surface area contributed by atoms with Gasteiger partial charge in [-0.2, -0.15) is 0 Å². The molecule has 1 aliphatic rings. The molecule has 0 aliphatic carbocycles. The Hall–Kier alpha value is -0.680. The summed E-state index contributed by atoms with van der Waals surface area (Å²) >= 11 is 1.59. The standard InChI is InChI=1S/C9H15N3OS/c1-2-3-4-14-9-11-5-7(6-13)8(10)12-9/h5-8H,2-4,10H2,1H3. The molecule has 1 rings (SSSR count). The molecule has 2 N–H and O–H groups in total. The van der Waals surface area contributed by atoms with E-state index in [-0.39, 0.29) is 5.92 Å². The van der Waals surface area contributed by atoms with Gasteiger partial charge in [-0.15, -0.1) is 0 Å². The lowest BCUT2D eigenvalue weighted by molar-refractivity contribution is -0.109. The van der Waals surface area contributed by atoms with Gasteiger partial charge >= 0.3 is 0 Å². The first kappa shape index (κ1) is 11.4. The number of hydrogen-bond acceptors (Lipinski definition) is 5. The largest absolute Gasteiger partial charge is 0.309 e. The average molecular weight is 213 g/mol. The van der Waals surface area contributed by atoms with E-state index < -0.39 is 6.17 Å². The van der Waals surface area contributed by atoms with E-state index in [2.05, 4.69) is 16.9 Å². The summed E-state index contributed by atoms with van der Waals surface area (Å²) in [4.78, 5) is 18.7. The Balaban J connectivity index is 2.41. The van der Waals surface area contributed by atoms with Gasteiger partial charge in [0.15, 0.2) is 5.17 Å². The van der Waals surface area contributed by atoms with E-state index in [0.717, 1.165) is 24.9 Å². The number of unbranched alkanes of at least 4 members (excludes halogenated alkanes) is 1. The van der Waals surface area contributed by atoms with Gasteiger partial charge in [-0.3, -0.25) is 0 Å². The van der Waals surface area contributed by atoms with Gasteiger partial charge in [-0.05, 0) is 6.42 Å². The van der Waals surface area contributed by atoms with E-state index in [1.807, 2.05) is 0 Å². The minimum Gasteiger partial charge on any atom is -0.309 e. The highest BCUT2D eigenvalue weighted by atomic mass is 32.2. The molecule has 0 amide bonds. The maximum atomic E-state index is 10.5. The van der Waals surface area contributed by atoms with Crippen molar-refractivity contribution in [2.75, 3.05) is 5.75 Å². The van der Waals surface area contributed by atoms with Crippen LogP contribution >= 0.6 is 11.8 Å². The third-order valence-electron chi connectivity index (χ3n) is 1.90. The predicted octanol–water partition coefficient (Wildman–Crippen LogP) is 1.06. The van der Waals surface area contributed by atoms with Crippen LogP contribution in [-0.4, -0.2) is 29.6 Å². The van der Waals surface area contributed by atoms with Crippen molar-refractivity contribution in [1.82, 2.24) is 0 Å². The number of nitrogens with zero attached hydrogens (tertiary/aromatic N) is 2. The number of amidine groups is 1. The first-order chi connectivity index (χ1) is 6.77. The second kappa shape index (κ2) is 5.93. The van der Waals surface area contributed by atoms with Gasteiger partial charge in [0.05, 0.1) is 5.92 Å². The van der Waals surface area contributed by atoms with Gasteiger partial charge in [0.1, 0.15) is 12.5 Å². The summed E-state index contributed by atoms with van der Waals surface area (Å²) in [6.45, 7) is 2.14. The first-order valence-electron chi connectivity index (χ1n) is 4.73. The van der Waals surface area contributed by atoms with Crippen molar-refractivity contribution >= 4 is 29.4 Å². The maximum absolute atomic E-state index is 10.5. The van der Waals surface area contributed by atoms with Crippen LogP contribution in [0.4, 0.5) is 0 Å². The molecule has 0 aromatic rings. The fraction of sp³-hybridized carbons (Fsp3) is 0.667. The fourth-order valence-electron chi connectivity index (χ4n) is 0.983. The Kier molecular flexibility index (Phi) is 4.82. The highest BCUT2D eigenvalue weighted by Gasteiger charge is 2.18. The molecule has 1 heterocycles. The zero-order chi connectivity index (χ0) is 10.4. The highest BCUT2D eigenvalue weighted by Crippen LogP contribution is 2.14. The van der Waals surface area contributed by atoms with Crippen molar-refractivity contribution < 1.29 is 4.79 Å². The van der Waals surface area contributed by atoms with Crippen molar-refractivity contribution in [2.24, 2.45) is 21.6 Å². The number of aliphatic imine (C=N–C) groups is 2. The smallest absolute Gasteiger partial charge is 0.184 e. The molecule has 0 aromatic carbocycles. The van der Waals surface area contributed by atoms with Crippen molar-refractivity contribution in [1.29, 1.82) is 0 Å². The molecule has 78 valence electrons. The number of nitrogens with two attached hydrogens (primary N) is 1. The molecule has 14 heavy (non-hydrogen) atoms. The molecule has 0 fully saturated rings. The quantitative estimate of drug-likeness (QED) is 0.561. The summed E-state index contributed by atoms with van der Waals surface area (Å²) in [5.41, 5.74) is 5.66. The van der Waals surface area contributed by atoms with E-state index >= 15 is 0 Å². The second-order valence-corrected chi connectivity index (χ2v) is 4.16. The van der Waals surface area contributed by atoms with Crippen molar-refractivity contribution in [2.45, 2.75) is 25.9 Å². The molecular weight excluding hydrogens is 198 g/mol. The van der Waals surface area contributed by atoms with Crippen LogP contribution in [0.15, 0.2) is 9.98 Å². The Morgan fingerprint density at radius 1 is 1.71 bits per heavy atom. The lowest BCUT2D eigenvalue weighted by Gasteiger charge is -2.15. The number of carbonyl (C=O) groups excluding carboxylic acids is 1. The Morgan fingerprint density at radius 2 is 2.50 bits per heavy atom. The molecule has 1 aliphatic heterocycles. The number of aldehydes is 1. The average Bonchev–Trinajstić information content (AvgIpc) is 2.18. The van der Waals surface area contributed by atoms with Crippen LogP contribution in [0.2, 0.25) is 0 Å². The van der Waals surface area contributed by atoms with Gasteiger partial charge in [-0.25, -0.2) is 9.98 Å². The second-order valence-electron chi connectivity index (χ2n) is 3.10. The summed E-state index contributed by atoms with van der Waals surface area (Å²) in [5.74, 6) is 0.649. The van der Waals surface area contributed by atoms with Crippen molar-refractivity contribution in [3.8, 4) is 0 Å². The molecule has 2 atom stereocenters. The van der Waals surface area contributed by atoms with Gasteiger partial charge in [-0.1, -0.05) is 25.1 Å². The fourth-order valence-corrected chi connectivity index (χ4v) is 1.93. The molecule has 2 unspecified atom stereocenters. The number of thioether (sulfide) groups is 1. The van der Waals surface area contributed by atoms with Crippen LogP contribution in [0.3, 0.4) is 0 Å². The van der Waals surface area contributed by atoms with Crippen LogP contribution in [0.25, 0.3) is 0 Å². The Morgan fingerprint density at radius 3 is 3.07 bits per heavy atom. The van der Waals surface area contributed by atoms with Crippen LogP contribution in [0.5, 0.6) is 0 Å². The molecule has 0 bridgehead atoms. The summed E-state index contributed by atoms with van der Waals surface area (Å²) in [7, 11) is 0. The van der Waals surface area contributed by atoms with E-state index in [1.165, 1.54) is 0 Å². The Labute approximate surface area is 88.1 Å². The molecule has 0 aromatic heterocycles. The topological polar surface area (TPSA) is 67.8 Å². The molecule has 0 saturated carbocycles. The molecule has 0 spiro atoms. The number of rotatable bonds is 4. The maximum Gasteiger partial charge on any atom is 0.184 e. The third kappa shape index (κ3) is 3.23. The summed E-state index contributed by atoms with van der Waals surface area (Å²) in [5, 5.41) is 0.698. The minimum absolute atomic E-state index is 0.356. The number of hydrogen-bond donors (Lipinski definition) is 1. The predicted molar refractivity (Wildman–Crippen MR) is 60.8 cm³/mol. The van der Waals surface area contributed by atoms with Gasteiger partial charge in [0.25, 0.3) is 0 Å². The van der Waals surface area contributed by atoms with Crippen molar-refractivity contribution in [3.05, 3.63) is 0 Å².